The van der Waals surface area contributed by atoms with Gasteiger partial charge in [0.2, 0.25) is 10.0 Å². The number of carbonyl (C=O) groups is 2. The molecule has 172 valence electrons. The molecule has 2 heterocycles. The second-order valence-corrected chi connectivity index (χ2v) is 9.12. The number of esters is 1. The number of phenols is 1. The lowest BCUT2D eigenvalue weighted by atomic mass is 10.2. The zero-order valence-electron chi connectivity index (χ0n) is 17.4. The number of phenolic OH excluding ortho intramolecular Hbond substituents is 1. The van der Waals surface area contributed by atoms with Gasteiger partial charge in [-0.15, -0.1) is 0 Å². The van der Waals surface area contributed by atoms with E-state index in [9.17, 15) is 32.7 Å². The second-order valence-electron chi connectivity index (χ2n) is 7.18. The second kappa shape index (κ2) is 8.96. The van der Waals surface area contributed by atoms with Crippen molar-refractivity contribution in [2.75, 3.05) is 25.0 Å². The summed E-state index contributed by atoms with van der Waals surface area (Å²) in [6, 6.07) is 4.27. The fourth-order valence-corrected chi connectivity index (χ4v) is 4.70. The van der Waals surface area contributed by atoms with Crippen LogP contribution in [-0.4, -0.2) is 58.5 Å². The lowest BCUT2D eigenvalue weighted by Gasteiger charge is -2.16. The Kier molecular flexibility index (Phi) is 6.50. The van der Waals surface area contributed by atoms with E-state index in [0.717, 1.165) is 40.2 Å². The van der Waals surface area contributed by atoms with E-state index in [-0.39, 0.29) is 10.7 Å². The lowest BCUT2D eigenvalue weighted by molar-refractivity contribution is -0.119. The highest BCUT2D eigenvalue weighted by molar-refractivity contribution is 7.89. The molecule has 0 atom stereocenters. The summed E-state index contributed by atoms with van der Waals surface area (Å²) < 4.78 is 33.4. The van der Waals surface area contributed by atoms with Crippen LogP contribution in [0, 0.1) is 0 Å². The predicted molar refractivity (Wildman–Crippen MR) is 112 cm³/mol. The van der Waals surface area contributed by atoms with Gasteiger partial charge in [-0.1, -0.05) is 0 Å². The van der Waals surface area contributed by atoms with Crippen molar-refractivity contribution < 1.29 is 27.9 Å². The minimum atomic E-state index is -3.83. The Morgan fingerprint density at radius 1 is 1.09 bits per heavy atom. The molecule has 0 bridgehead atoms. The van der Waals surface area contributed by atoms with Gasteiger partial charge >= 0.3 is 11.7 Å². The summed E-state index contributed by atoms with van der Waals surface area (Å²) >= 11 is 0. The third kappa shape index (κ3) is 4.57. The quantitative estimate of drug-likeness (QED) is 0.533. The number of nitrogens with one attached hydrogen (secondary N) is 1. The maximum atomic E-state index is 12.7. The molecular formula is C19H22N4O8S. The number of hydrogen-bond acceptors (Lipinski definition) is 8. The smallest absolute Gasteiger partial charge is 0.342 e. The summed E-state index contributed by atoms with van der Waals surface area (Å²) in [5, 5.41) is 12.3. The molecule has 0 aliphatic carbocycles. The molecule has 2 N–H and O–H groups in total. The van der Waals surface area contributed by atoms with Gasteiger partial charge in [0.15, 0.2) is 6.61 Å². The fourth-order valence-electron chi connectivity index (χ4n) is 3.16. The van der Waals surface area contributed by atoms with E-state index in [2.05, 4.69) is 5.32 Å². The number of sulfonamides is 1. The van der Waals surface area contributed by atoms with Crippen molar-refractivity contribution in [1.29, 1.82) is 0 Å². The maximum Gasteiger partial charge on any atom is 0.342 e. The first-order valence-corrected chi connectivity index (χ1v) is 11.0. The monoisotopic (exact) mass is 466 g/mol. The number of ether oxygens (including phenoxy) is 1. The zero-order valence-corrected chi connectivity index (χ0v) is 18.2. The number of hydrogen-bond donors (Lipinski definition) is 2. The molecule has 12 nitrogen and oxygen atoms in total. The summed E-state index contributed by atoms with van der Waals surface area (Å²) in [6.45, 7) is -0.0622. The first-order valence-electron chi connectivity index (χ1n) is 9.59. The first kappa shape index (κ1) is 23.2. The molecule has 1 amide bonds. The molecule has 2 aromatic rings. The van der Waals surface area contributed by atoms with E-state index in [4.69, 9.17) is 4.74 Å². The van der Waals surface area contributed by atoms with Crippen molar-refractivity contribution in [3.05, 3.63) is 50.7 Å². The molecule has 32 heavy (non-hydrogen) atoms. The standard InChI is InChI=1S/C19H22N4O8S/c1-21-15(10-17(26)22(2)19(21)28)20-16(25)11-31-18(27)13-9-12(5-6-14(13)24)32(29,30)23-7-3-4-8-23/h5-6,9-10,24H,3-4,7-8,11H2,1-2H3,(H,20,25). The molecule has 0 saturated carbocycles. The Labute approximate surface area is 182 Å². The molecule has 1 fully saturated rings. The molecule has 1 aromatic carbocycles. The summed E-state index contributed by atoms with van der Waals surface area (Å²) in [4.78, 5) is 47.9. The highest BCUT2D eigenvalue weighted by Crippen LogP contribution is 2.26. The summed E-state index contributed by atoms with van der Waals surface area (Å²) in [5.41, 5.74) is -1.72. The van der Waals surface area contributed by atoms with E-state index >= 15 is 0 Å². The molecule has 1 aliphatic rings. The van der Waals surface area contributed by atoms with Gasteiger partial charge in [0.05, 0.1) is 4.90 Å². The maximum absolute atomic E-state index is 12.7. The average Bonchev–Trinajstić information content (AvgIpc) is 3.30. The SMILES string of the molecule is Cn1c(NC(=O)COC(=O)c2cc(S(=O)(=O)N3CCCC3)ccc2O)cc(=O)n(C)c1=O. The lowest BCUT2D eigenvalue weighted by Crippen LogP contribution is -2.38. The van der Waals surface area contributed by atoms with Crippen LogP contribution in [0.4, 0.5) is 5.82 Å². The largest absolute Gasteiger partial charge is 0.507 e. The molecule has 3 rings (SSSR count). The number of benzene rings is 1. The minimum absolute atomic E-state index is 0.0966. The van der Waals surface area contributed by atoms with Crippen LogP contribution in [0.2, 0.25) is 0 Å². The summed E-state index contributed by atoms with van der Waals surface area (Å²) in [6.07, 6.45) is 1.47. The Morgan fingerprint density at radius 3 is 2.41 bits per heavy atom. The normalized spacial score (nSPS) is 14.3. The number of amides is 1. The third-order valence-electron chi connectivity index (χ3n) is 5.02. The number of nitrogens with zero attached hydrogens (tertiary/aromatic N) is 3. The third-order valence-corrected chi connectivity index (χ3v) is 6.91. The average molecular weight is 466 g/mol. The van der Waals surface area contributed by atoms with Crippen molar-refractivity contribution in [2.24, 2.45) is 14.1 Å². The van der Waals surface area contributed by atoms with Crippen LogP contribution in [0.3, 0.4) is 0 Å². The Hall–Kier alpha value is -3.45. The van der Waals surface area contributed by atoms with Gasteiger partial charge < -0.3 is 15.2 Å². The molecule has 1 aliphatic heterocycles. The number of rotatable bonds is 6. The predicted octanol–water partition coefficient (Wildman–Crippen LogP) is -0.630. The van der Waals surface area contributed by atoms with Crippen molar-refractivity contribution in [3.8, 4) is 5.75 Å². The van der Waals surface area contributed by atoms with Crippen LogP contribution in [0.15, 0.2) is 38.8 Å². The molecule has 0 unspecified atom stereocenters. The Balaban J connectivity index is 1.72. The molecule has 13 heteroatoms. The van der Waals surface area contributed by atoms with E-state index in [1.807, 2.05) is 0 Å². The zero-order chi connectivity index (χ0) is 23.6. The summed E-state index contributed by atoms with van der Waals surface area (Å²) in [7, 11) is -1.21. The van der Waals surface area contributed by atoms with Crippen molar-refractivity contribution in [3.63, 3.8) is 0 Å². The van der Waals surface area contributed by atoms with Gasteiger partial charge in [0.25, 0.3) is 11.5 Å². The van der Waals surface area contributed by atoms with Gasteiger partial charge in [-0.3, -0.25) is 18.7 Å². The van der Waals surface area contributed by atoms with Crippen LogP contribution in [0.25, 0.3) is 0 Å². The van der Waals surface area contributed by atoms with Gasteiger partial charge in [-0.25, -0.2) is 18.0 Å². The van der Waals surface area contributed by atoms with E-state index in [1.165, 1.54) is 24.5 Å². The van der Waals surface area contributed by atoms with E-state index in [1.54, 1.807) is 0 Å². The number of anilines is 1. The van der Waals surface area contributed by atoms with Crippen molar-refractivity contribution in [2.45, 2.75) is 17.7 Å². The number of carbonyl (C=O) groups excluding carboxylic acids is 2. The van der Waals surface area contributed by atoms with Crippen LogP contribution in [0.1, 0.15) is 23.2 Å². The number of aromatic hydroxyl groups is 1. The highest BCUT2D eigenvalue weighted by Gasteiger charge is 2.29. The topological polar surface area (TPSA) is 157 Å². The molecule has 0 spiro atoms. The van der Waals surface area contributed by atoms with Crippen LogP contribution < -0.4 is 16.6 Å². The van der Waals surface area contributed by atoms with Crippen LogP contribution >= 0.6 is 0 Å². The number of aromatic nitrogens is 2. The molecule has 1 aromatic heterocycles. The van der Waals surface area contributed by atoms with Gasteiger partial charge in [0, 0.05) is 33.3 Å². The Morgan fingerprint density at radius 2 is 1.75 bits per heavy atom. The molecule has 0 radical (unpaired) electrons. The van der Waals surface area contributed by atoms with Crippen molar-refractivity contribution >= 4 is 27.7 Å². The Bertz CT molecular complexity index is 1290. The molecular weight excluding hydrogens is 444 g/mol. The van der Waals surface area contributed by atoms with Crippen LogP contribution in [-0.2, 0) is 33.7 Å². The van der Waals surface area contributed by atoms with Gasteiger partial charge in [-0.2, -0.15) is 4.31 Å². The van der Waals surface area contributed by atoms with E-state index < -0.39 is 51.1 Å². The van der Waals surface area contributed by atoms with E-state index in [0.29, 0.717) is 13.1 Å². The highest BCUT2D eigenvalue weighted by atomic mass is 32.2. The summed E-state index contributed by atoms with van der Waals surface area (Å²) in [5.74, 6) is -2.57. The van der Waals surface area contributed by atoms with Crippen molar-refractivity contribution in [1.82, 2.24) is 13.4 Å². The fraction of sp³-hybridized carbons (Fsp3) is 0.368. The van der Waals surface area contributed by atoms with Crippen LogP contribution in [0.5, 0.6) is 5.75 Å². The minimum Gasteiger partial charge on any atom is -0.507 e. The molecule has 1 saturated heterocycles. The first-order chi connectivity index (χ1) is 15.0. The van der Waals surface area contributed by atoms with Gasteiger partial charge in [0.1, 0.15) is 17.1 Å². The van der Waals surface area contributed by atoms with Gasteiger partial charge in [-0.05, 0) is 31.0 Å².